The predicted octanol–water partition coefficient (Wildman–Crippen LogP) is 3.77. The number of hydrogen-bond donors (Lipinski definition) is 2. The van der Waals surface area contributed by atoms with Crippen LogP contribution in [-0.2, 0) is 22.6 Å². The van der Waals surface area contributed by atoms with Crippen molar-refractivity contribution in [2.75, 3.05) is 13.6 Å². The third-order valence-electron chi connectivity index (χ3n) is 7.60. The summed E-state index contributed by atoms with van der Waals surface area (Å²) in [6.07, 6.45) is 1.87. The van der Waals surface area contributed by atoms with Crippen LogP contribution in [0.2, 0.25) is 0 Å². The summed E-state index contributed by atoms with van der Waals surface area (Å²) in [5, 5.41) is 14.8. The number of primary amides is 1. The molecule has 1 saturated heterocycles. The molecule has 2 aromatic carbocycles. The summed E-state index contributed by atoms with van der Waals surface area (Å²) in [7, 11) is 1.51. The lowest BCUT2D eigenvalue weighted by Crippen LogP contribution is -2.47. The molecule has 13 heteroatoms. The number of nitrogens with two attached hydrogens (primary N) is 1. The van der Waals surface area contributed by atoms with Gasteiger partial charge in [-0.15, -0.1) is 0 Å². The van der Waals surface area contributed by atoms with Crippen molar-refractivity contribution in [1.29, 1.82) is 0 Å². The molecule has 1 fully saturated rings. The maximum atomic E-state index is 14.6. The molecule has 5 rings (SSSR count). The zero-order valence-electron chi connectivity index (χ0n) is 22.7. The molecule has 10 nitrogen and oxygen atoms in total. The molecule has 1 aromatic heterocycles. The summed E-state index contributed by atoms with van der Waals surface area (Å²) < 4.78 is 44.5. The Morgan fingerprint density at radius 1 is 1.21 bits per heavy atom. The van der Waals surface area contributed by atoms with Gasteiger partial charge in [0.1, 0.15) is 30.4 Å². The number of carbonyl (C=O) groups is 3. The molecule has 42 heavy (non-hydrogen) atoms. The molecule has 1 aliphatic carbocycles. The van der Waals surface area contributed by atoms with Crippen LogP contribution >= 0.6 is 0 Å². The lowest BCUT2D eigenvalue weighted by molar-refractivity contribution is -0.139. The molecule has 218 valence electrons. The van der Waals surface area contributed by atoms with Gasteiger partial charge in [-0.25, -0.2) is 13.2 Å². The van der Waals surface area contributed by atoms with Gasteiger partial charge in [-0.2, -0.15) is 15.3 Å². The molecule has 2 aliphatic rings. The summed E-state index contributed by atoms with van der Waals surface area (Å²) in [6, 6.07) is 5.12. The van der Waals surface area contributed by atoms with Crippen molar-refractivity contribution in [2.24, 2.45) is 16.0 Å². The Morgan fingerprint density at radius 3 is 2.69 bits per heavy atom. The molecule has 0 radical (unpaired) electrons. The highest BCUT2D eigenvalue weighted by atomic mass is 19.1. The molecule has 3 aromatic rings. The Balaban J connectivity index is 1.39. The summed E-state index contributed by atoms with van der Waals surface area (Å²) in [4.78, 5) is 40.0. The fourth-order valence-electron chi connectivity index (χ4n) is 5.64. The molecule has 3 atom stereocenters. The van der Waals surface area contributed by atoms with Crippen LogP contribution in [-0.4, -0.2) is 58.2 Å². The van der Waals surface area contributed by atoms with Crippen LogP contribution in [0.5, 0.6) is 0 Å². The van der Waals surface area contributed by atoms with Gasteiger partial charge in [0.2, 0.25) is 11.8 Å². The molecular formula is C29H28F3N7O3. The number of carbonyl (C=O) groups excluding carboxylic acids is 3. The average molecular weight is 580 g/mol. The van der Waals surface area contributed by atoms with E-state index in [9.17, 15) is 27.6 Å². The van der Waals surface area contributed by atoms with E-state index in [1.807, 2.05) is 0 Å². The fraction of sp³-hybridized carbons (Fsp3) is 0.310. The number of fused-ring (bicyclic) bond motifs is 2. The first-order chi connectivity index (χ1) is 20.1. The first-order valence-corrected chi connectivity index (χ1v) is 13.3. The quantitative estimate of drug-likeness (QED) is 0.310. The fourth-order valence-corrected chi connectivity index (χ4v) is 5.64. The van der Waals surface area contributed by atoms with Crippen molar-refractivity contribution < 1.29 is 27.6 Å². The van der Waals surface area contributed by atoms with Crippen LogP contribution < -0.4 is 11.1 Å². The van der Waals surface area contributed by atoms with Crippen molar-refractivity contribution in [2.45, 2.75) is 44.1 Å². The van der Waals surface area contributed by atoms with E-state index in [2.05, 4.69) is 27.2 Å². The van der Waals surface area contributed by atoms with Crippen molar-refractivity contribution in [3.05, 3.63) is 83.2 Å². The monoisotopic (exact) mass is 579 g/mol. The van der Waals surface area contributed by atoms with E-state index >= 15 is 0 Å². The number of amides is 3. The van der Waals surface area contributed by atoms with Crippen LogP contribution in [0.25, 0.3) is 16.5 Å². The maximum absolute atomic E-state index is 14.6. The molecule has 0 bridgehead atoms. The molecule has 0 saturated carbocycles. The number of benzene rings is 2. The number of azo groups is 1. The summed E-state index contributed by atoms with van der Waals surface area (Å²) in [5.74, 6) is -3.28. The van der Waals surface area contributed by atoms with Crippen molar-refractivity contribution in [3.63, 3.8) is 0 Å². The summed E-state index contributed by atoms with van der Waals surface area (Å²) >= 11 is 0. The van der Waals surface area contributed by atoms with Crippen LogP contribution in [0.3, 0.4) is 0 Å². The maximum Gasteiger partial charge on any atom is 0.269 e. The van der Waals surface area contributed by atoms with Gasteiger partial charge < -0.3 is 16.0 Å². The average Bonchev–Trinajstić information content (AvgIpc) is 3.67. The van der Waals surface area contributed by atoms with Gasteiger partial charge in [-0.05, 0) is 48.2 Å². The van der Waals surface area contributed by atoms with E-state index in [4.69, 9.17) is 5.73 Å². The van der Waals surface area contributed by atoms with E-state index in [-0.39, 0.29) is 42.6 Å². The predicted molar refractivity (Wildman–Crippen MR) is 148 cm³/mol. The SMILES string of the molecule is C=C/C(=C\N=N/C)c1ccc2c(c1)c(C(N)=O)nn2CC(=O)N1C[C@H](F)C[C@H]1C(=O)NC1CCc2c(F)ccc(F)c21. The number of nitrogens with one attached hydrogen (secondary N) is 1. The number of halogens is 3. The van der Waals surface area contributed by atoms with E-state index in [1.54, 1.807) is 24.3 Å². The summed E-state index contributed by atoms with van der Waals surface area (Å²) in [5.41, 5.74) is 7.45. The lowest BCUT2D eigenvalue weighted by Gasteiger charge is -2.25. The van der Waals surface area contributed by atoms with Gasteiger partial charge in [-0.3, -0.25) is 19.1 Å². The van der Waals surface area contributed by atoms with Gasteiger partial charge >= 0.3 is 0 Å². The number of nitrogens with zero attached hydrogens (tertiary/aromatic N) is 5. The molecule has 3 N–H and O–H groups in total. The molecule has 3 amide bonds. The van der Waals surface area contributed by atoms with Gasteiger partial charge in [-0.1, -0.05) is 18.7 Å². The van der Waals surface area contributed by atoms with Crippen LogP contribution in [0, 0.1) is 11.6 Å². The highest BCUT2D eigenvalue weighted by molar-refractivity contribution is 6.05. The third-order valence-corrected chi connectivity index (χ3v) is 7.60. The number of likely N-dealkylation sites (tertiary alicyclic amines) is 1. The second kappa shape index (κ2) is 11.6. The van der Waals surface area contributed by atoms with Gasteiger partial charge in [0.25, 0.3) is 5.91 Å². The Morgan fingerprint density at radius 2 is 1.98 bits per heavy atom. The largest absolute Gasteiger partial charge is 0.364 e. The zero-order chi connectivity index (χ0) is 30.1. The number of rotatable bonds is 8. The smallest absolute Gasteiger partial charge is 0.269 e. The van der Waals surface area contributed by atoms with Gasteiger partial charge in [0.05, 0.1) is 24.3 Å². The van der Waals surface area contributed by atoms with Gasteiger partial charge in [0, 0.05) is 30.0 Å². The van der Waals surface area contributed by atoms with Crippen molar-refractivity contribution in [1.82, 2.24) is 20.0 Å². The number of aromatic nitrogens is 2. The minimum absolute atomic E-state index is 0.0737. The van der Waals surface area contributed by atoms with Crippen molar-refractivity contribution >= 4 is 34.2 Å². The topological polar surface area (TPSA) is 135 Å². The number of hydrogen-bond acceptors (Lipinski definition) is 6. The van der Waals surface area contributed by atoms with Crippen LogP contribution in [0.15, 0.2) is 59.4 Å². The highest BCUT2D eigenvalue weighted by Crippen LogP contribution is 2.35. The number of allylic oxidation sites excluding steroid dienone is 2. The Kier molecular flexibility index (Phi) is 7.92. The second-order valence-electron chi connectivity index (χ2n) is 10.1. The van der Waals surface area contributed by atoms with E-state index in [1.165, 1.54) is 17.9 Å². The Bertz CT molecular complexity index is 1670. The Labute approximate surface area is 238 Å². The first kappa shape index (κ1) is 28.7. The van der Waals surface area contributed by atoms with E-state index in [0.717, 1.165) is 17.0 Å². The second-order valence-corrected chi connectivity index (χ2v) is 10.1. The van der Waals surface area contributed by atoms with Crippen LogP contribution in [0.1, 0.15) is 46.1 Å². The molecule has 1 unspecified atom stereocenters. The van der Waals surface area contributed by atoms with Crippen molar-refractivity contribution in [3.8, 4) is 0 Å². The van der Waals surface area contributed by atoms with Crippen LogP contribution in [0.4, 0.5) is 13.2 Å². The minimum Gasteiger partial charge on any atom is -0.364 e. The molecule has 2 heterocycles. The van der Waals surface area contributed by atoms with E-state index < -0.39 is 54.2 Å². The Hall–Kier alpha value is -4.81. The van der Waals surface area contributed by atoms with E-state index in [0.29, 0.717) is 22.0 Å². The molecule has 1 aliphatic heterocycles. The third kappa shape index (κ3) is 5.29. The minimum atomic E-state index is -1.46. The normalized spacial score (nSPS) is 20.3. The zero-order valence-corrected chi connectivity index (χ0v) is 22.7. The molecular weight excluding hydrogens is 551 g/mol. The van der Waals surface area contributed by atoms with Gasteiger partial charge in [0.15, 0.2) is 5.69 Å². The lowest BCUT2D eigenvalue weighted by atomic mass is 10.0. The first-order valence-electron chi connectivity index (χ1n) is 13.3. The standard InChI is InChI=1S/C29H28F3N7O3/c1-3-15(12-35-34-2)16-4-9-23-19(10-16)27(28(33)41)37-39(23)14-25(40)38-13-17(30)11-24(38)29(42)36-22-8-5-18-20(31)6-7-21(32)26(18)22/h3-4,6-7,9-10,12,17,22,24H,1,5,8,11,13-14H2,2H3,(H2,33,41)(H,36,42)/b15-12+,35-34-/t17-,22?,24+/m1/s1. The summed E-state index contributed by atoms with van der Waals surface area (Å²) in [6.45, 7) is 3.03. The number of alkyl halides is 1. The highest BCUT2D eigenvalue weighted by Gasteiger charge is 2.41. The molecule has 0 spiro atoms.